The van der Waals surface area contributed by atoms with Crippen molar-refractivity contribution in [3.63, 3.8) is 0 Å². The molecule has 8 nitrogen and oxygen atoms in total. The minimum Gasteiger partial charge on any atom is -0.475 e. The van der Waals surface area contributed by atoms with Crippen LogP contribution < -0.4 is 9.47 Å². The van der Waals surface area contributed by atoms with Gasteiger partial charge in [0.1, 0.15) is 0 Å². The molecule has 5 rings (SSSR count). The second-order valence-corrected chi connectivity index (χ2v) is 8.84. The van der Waals surface area contributed by atoms with E-state index < -0.39 is 12.1 Å². The van der Waals surface area contributed by atoms with E-state index in [0.717, 1.165) is 55.8 Å². The van der Waals surface area contributed by atoms with Gasteiger partial charge in [-0.25, -0.2) is 4.79 Å². The van der Waals surface area contributed by atoms with Crippen LogP contribution in [-0.4, -0.2) is 85.2 Å². The molecule has 1 aromatic rings. The van der Waals surface area contributed by atoms with E-state index in [9.17, 15) is 18.0 Å². The Kier molecular flexibility index (Phi) is 6.99. The lowest BCUT2D eigenvalue weighted by Crippen LogP contribution is -2.35. The van der Waals surface area contributed by atoms with E-state index in [4.69, 9.17) is 24.1 Å². The summed E-state index contributed by atoms with van der Waals surface area (Å²) in [5, 5.41) is 7.12. The molecule has 3 fully saturated rings. The molecule has 1 aromatic carbocycles. The summed E-state index contributed by atoms with van der Waals surface area (Å²) in [4.78, 5) is 26.2. The van der Waals surface area contributed by atoms with Crippen molar-refractivity contribution in [1.29, 1.82) is 0 Å². The van der Waals surface area contributed by atoms with E-state index in [2.05, 4.69) is 4.90 Å². The van der Waals surface area contributed by atoms with Crippen molar-refractivity contribution in [3.8, 4) is 11.5 Å². The fourth-order valence-corrected chi connectivity index (χ4v) is 4.33. The quantitative estimate of drug-likeness (QED) is 0.719. The molecular formula is C22H27F3N2O6. The van der Waals surface area contributed by atoms with Gasteiger partial charge in [0.05, 0.1) is 19.1 Å². The Morgan fingerprint density at radius 2 is 1.82 bits per heavy atom. The molecule has 1 aliphatic carbocycles. The average Bonchev–Trinajstić information content (AvgIpc) is 3.34. The zero-order valence-corrected chi connectivity index (χ0v) is 18.1. The highest BCUT2D eigenvalue weighted by atomic mass is 19.4. The highest BCUT2D eigenvalue weighted by Crippen LogP contribution is 2.34. The van der Waals surface area contributed by atoms with Gasteiger partial charge in [0, 0.05) is 38.6 Å². The summed E-state index contributed by atoms with van der Waals surface area (Å²) >= 11 is 0. The number of alkyl halides is 3. The van der Waals surface area contributed by atoms with Crippen molar-refractivity contribution in [3.05, 3.63) is 23.8 Å². The van der Waals surface area contributed by atoms with Crippen LogP contribution in [0.25, 0.3) is 0 Å². The summed E-state index contributed by atoms with van der Waals surface area (Å²) in [5.41, 5.74) is 0.975. The summed E-state index contributed by atoms with van der Waals surface area (Å²) in [6.07, 6.45) is -1.72. The van der Waals surface area contributed by atoms with Crippen molar-refractivity contribution in [2.75, 3.05) is 46.1 Å². The largest absolute Gasteiger partial charge is 0.490 e. The number of rotatable bonds is 4. The van der Waals surface area contributed by atoms with Gasteiger partial charge in [-0.3, -0.25) is 4.79 Å². The van der Waals surface area contributed by atoms with E-state index in [0.29, 0.717) is 12.3 Å². The summed E-state index contributed by atoms with van der Waals surface area (Å²) in [5.74, 6) is 0.255. The lowest BCUT2D eigenvalue weighted by Gasteiger charge is -2.23. The number of carbonyl (C=O) groups is 2. The summed E-state index contributed by atoms with van der Waals surface area (Å²) in [6, 6.07) is 5.76. The maximum Gasteiger partial charge on any atom is 0.490 e. The fraction of sp³-hybridized carbons (Fsp3) is 0.636. The van der Waals surface area contributed by atoms with Crippen molar-refractivity contribution in [1.82, 2.24) is 9.80 Å². The van der Waals surface area contributed by atoms with Crippen LogP contribution in [0.15, 0.2) is 18.2 Å². The number of hydrogen-bond acceptors (Lipinski definition) is 6. The highest BCUT2D eigenvalue weighted by molar-refractivity contribution is 5.79. The molecule has 0 aromatic heterocycles. The topological polar surface area (TPSA) is 88.5 Å². The first kappa shape index (κ1) is 23.6. The molecule has 3 aliphatic heterocycles. The third-order valence-corrected chi connectivity index (χ3v) is 6.21. The average molecular weight is 472 g/mol. The first-order chi connectivity index (χ1) is 15.7. The Morgan fingerprint density at radius 1 is 1.09 bits per heavy atom. The molecule has 3 heterocycles. The molecule has 2 saturated heterocycles. The molecule has 1 saturated carbocycles. The molecule has 0 radical (unpaired) electrons. The van der Waals surface area contributed by atoms with Gasteiger partial charge in [0.25, 0.3) is 0 Å². The second kappa shape index (κ2) is 9.76. The van der Waals surface area contributed by atoms with Gasteiger partial charge in [0.2, 0.25) is 12.7 Å². The van der Waals surface area contributed by atoms with Crippen LogP contribution in [0.5, 0.6) is 11.5 Å². The summed E-state index contributed by atoms with van der Waals surface area (Å²) in [7, 11) is 0. The lowest BCUT2D eigenvalue weighted by molar-refractivity contribution is -0.192. The summed E-state index contributed by atoms with van der Waals surface area (Å²) < 4.78 is 48.6. The zero-order chi connectivity index (χ0) is 23.6. The molecule has 0 unspecified atom stereocenters. The minimum atomic E-state index is -5.08. The van der Waals surface area contributed by atoms with Gasteiger partial charge in [-0.15, -0.1) is 0 Å². The van der Waals surface area contributed by atoms with Crippen LogP contribution in [0.2, 0.25) is 0 Å². The number of nitrogens with zero attached hydrogens (tertiary/aromatic N) is 2. The normalized spacial score (nSPS) is 24.5. The predicted octanol–water partition coefficient (Wildman–Crippen LogP) is 2.16. The van der Waals surface area contributed by atoms with Crippen LogP contribution in [0.1, 0.15) is 18.4 Å². The molecule has 1 N–H and O–H groups in total. The van der Waals surface area contributed by atoms with Crippen molar-refractivity contribution in [2.24, 2.45) is 11.8 Å². The number of carboxylic acid groups (broad SMARTS) is 1. The van der Waals surface area contributed by atoms with Crippen molar-refractivity contribution < 1.29 is 42.1 Å². The van der Waals surface area contributed by atoms with E-state index in [-0.39, 0.29) is 18.8 Å². The number of aliphatic carboxylic acids is 1. The second-order valence-electron chi connectivity index (χ2n) is 8.84. The smallest absolute Gasteiger partial charge is 0.475 e. The molecular weight excluding hydrogens is 445 g/mol. The van der Waals surface area contributed by atoms with Gasteiger partial charge in [-0.1, -0.05) is 6.07 Å². The molecule has 0 bridgehead atoms. The molecule has 11 heteroatoms. The third kappa shape index (κ3) is 6.29. The first-order valence-corrected chi connectivity index (χ1v) is 11.0. The highest BCUT2D eigenvalue weighted by Gasteiger charge is 2.39. The molecule has 0 spiro atoms. The SMILES string of the molecule is O=C(Cc1ccc2c(c1)OCO2)N1C[C@@H]2CN(CC3CC3)CCO[C@@H]2C1.O=C(O)C(F)(F)F. The number of amides is 1. The number of carboxylic acids is 1. The summed E-state index contributed by atoms with van der Waals surface area (Å²) in [6.45, 7) is 5.90. The predicted molar refractivity (Wildman–Crippen MR) is 109 cm³/mol. The number of fused-ring (bicyclic) bond motifs is 2. The lowest BCUT2D eigenvalue weighted by atomic mass is 10.1. The van der Waals surface area contributed by atoms with E-state index in [1.54, 1.807) is 0 Å². The van der Waals surface area contributed by atoms with Gasteiger partial charge in [0.15, 0.2) is 11.5 Å². The molecule has 182 valence electrons. The van der Waals surface area contributed by atoms with Gasteiger partial charge in [-0.2, -0.15) is 13.2 Å². The first-order valence-electron chi connectivity index (χ1n) is 11.0. The van der Waals surface area contributed by atoms with Crippen LogP contribution >= 0.6 is 0 Å². The minimum absolute atomic E-state index is 0.175. The fourth-order valence-electron chi connectivity index (χ4n) is 4.33. The Bertz CT molecular complexity index is 876. The van der Waals surface area contributed by atoms with Crippen LogP contribution in [-0.2, 0) is 20.7 Å². The third-order valence-electron chi connectivity index (χ3n) is 6.21. The molecule has 33 heavy (non-hydrogen) atoms. The van der Waals surface area contributed by atoms with E-state index in [1.807, 2.05) is 23.1 Å². The van der Waals surface area contributed by atoms with Gasteiger partial charge >= 0.3 is 12.1 Å². The number of halogens is 3. The maximum absolute atomic E-state index is 12.8. The molecule has 2 atom stereocenters. The number of benzene rings is 1. The van der Waals surface area contributed by atoms with Crippen molar-refractivity contribution in [2.45, 2.75) is 31.5 Å². The van der Waals surface area contributed by atoms with Crippen LogP contribution in [0.3, 0.4) is 0 Å². The number of ether oxygens (including phenoxy) is 3. The number of hydrogen-bond donors (Lipinski definition) is 1. The van der Waals surface area contributed by atoms with E-state index in [1.165, 1.54) is 19.4 Å². The van der Waals surface area contributed by atoms with Gasteiger partial charge < -0.3 is 29.1 Å². The van der Waals surface area contributed by atoms with Crippen LogP contribution in [0, 0.1) is 11.8 Å². The Morgan fingerprint density at radius 3 is 2.52 bits per heavy atom. The molecule has 1 amide bonds. The van der Waals surface area contributed by atoms with Crippen molar-refractivity contribution >= 4 is 11.9 Å². The zero-order valence-electron chi connectivity index (χ0n) is 18.1. The monoisotopic (exact) mass is 472 g/mol. The van der Waals surface area contributed by atoms with Crippen LogP contribution in [0.4, 0.5) is 13.2 Å². The Balaban J connectivity index is 0.000000325. The van der Waals surface area contributed by atoms with Gasteiger partial charge in [-0.05, 0) is 36.5 Å². The Hall–Kier alpha value is -2.53. The van der Waals surface area contributed by atoms with E-state index >= 15 is 0 Å². The standard InChI is InChI=1S/C20H26N2O4.C2HF3O2/c23-20(8-15-3-4-17-18(7-15)26-13-25-17)22-11-16-10-21(9-14-1-2-14)5-6-24-19(16)12-22;3-2(4,5)1(6)7/h3-4,7,14,16,19H,1-2,5-6,8-13H2;(H,6,7)/t16-,19+;/m0./s1. The Labute approximate surface area is 189 Å². The molecule has 4 aliphatic rings. The maximum atomic E-state index is 12.8. The number of likely N-dealkylation sites (tertiary alicyclic amines) is 1. The number of carbonyl (C=O) groups excluding carboxylic acids is 1.